The summed E-state index contributed by atoms with van der Waals surface area (Å²) in [4.78, 5) is 41.3. The number of hydrogen-bond acceptors (Lipinski definition) is 6. The number of carboxylic acid groups (broad SMARTS) is 1. The highest BCUT2D eigenvalue weighted by molar-refractivity contribution is 5.94. The lowest BCUT2D eigenvalue weighted by Gasteiger charge is -2.03. The zero-order valence-electron chi connectivity index (χ0n) is 11.5. The molecule has 0 aromatic carbocycles. The van der Waals surface area contributed by atoms with E-state index < -0.39 is 17.9 Å². The van der Waals surface area contributed by atoms with Gasteiger partial charge in [-0.05, 0) is 13.8 Å². The molecule has 0 saturated heterocycles. The van der Waals surface area contributed by atoms with Crippen molar-refractivity contribution in [2.24, 2.45) is 0 Å². The summed E-state index contributed by atoms with van der Waals surface area (Å²) in [7, 11) is 0. The van der Waals surface area contributed by atoms with Gasteiger partial charge >= 0.3 is 17.9 Å². The Morgan fingerprint density at radius 3 is 1.90 bits per heavy atom. The summed E-state index contributed by atoms with van der Waals surface area (Å²) >= 11 is 0. The molecule has 0 aliphatic rings. The first-order valence-electron chi connectivity index (χ1n) is 5.53. The Bertz CT molecular complexity index is 384. The van der Waals surface area contributed by atoms with Crippen molar-refractivity contribution in [3.8, 4) is 0 Å². The topological polar surface area (TPSA) is 107 Å². The van der Waals surface area contributed by atoms with Crippen molar-refractivity contribution < 1.29 is 33.8 Å². The Morgan fingerprint density at radius 2 is 1.55 bits per heavy atom. The predicted molar refractivity (Wildman–Crippen MR) is 69.9 cm³/mol. The highest BCUT2D eigenvalue weighted by Crippen LogP contribution is 1.88. The molecule has 1 N–H and O–H groups in total. The number of rotatable bonds is 7. The van der Waals surface area contributed by atoms with Crippen molar-refractivity contribution in [2.45, 2.75) is 20.3 Å². The monoisotopic (exact) mass is 286 g/mol. The summed E-state index contributed by atoms with van der Waals surface area (Å²) in [6, 6.07) is 0. The van der Waals surface area contributed by atoms with Crippen LogP contribution >= 0.6 is 0 Å². The number of hydrogen-bond donors (Lipinski definition) is 1. The largest absolute Gasteiger partial charge is 0.478 e. The van der Waals surface area contributed by atoms with Crippen molar-refractivity contribution in [1.29, 1.82) is 0 Å². The molecule has 112 valence electrons. The first kappa shape index (κ1) is 19.9. The van der Waals surface area contributed by atoms with Crippen LogP contribution in [0.3, 0.4) is 0 Å². The van der Waals surface area contributed by atoms with Gasteiger partial charge in [0.1, 0.15) is 25.4 Å². The fourth-order valence-electron chi connectivity index (χ4n) is 0.611. The molecule has 0 aromatic rings. The van der Waals surface area contributed by atoms with Crippen LogP contribution in [0.25, 0.3) is 0 Å². The lowest BCUT2D eigenvalue weighted by atomic mass is 10.3. The summed E-state index contributed by atoms with van der Waals surface area (Å²) < 4.78 is 9.10. The minimum Gasteiger partial charge on any atom is -0.478 e. The second-order valence-electron chi connectivity index (χ2n) is 3.56. The quantitative estimate of drug-likeness (QED) is 0.320. The summed E-state index contributed by atoms with van der Waals surface area (Å²) in [5, 5.41) is 7.89. The van der Waals surface area contributed by atoms with E-state index in [9.17, 15) is 19.2 Å². The van der Waals surface area contributed by atoms with E-state index in [1.54, 1.807) is 0 Å². The summed E-state index contributed by atoms with van der Waals surface area (Å²) in [6.07, 6.45) is 0.757. The smallest absolute Gasteiger partial charge is 0.330 e. The van der Waals surface area contributed by atoms with Gasteiger partial charge in [-0.3, -0.25) is 9.59 Å². The van der Waals surface area contributed by atoms with Gasteiger partial charge in [0.05, 0.1) is 0 Å². The van der Waals surface area contributed by atoms with Gasteiger partial charge < -0.3 is 14.6 Å². The van der Waals surface area contributed by atoms with Gasteiger partial charge in [0, 0.05) is 11.6 Å². The average molecular weight is 286 g/mol. The fourth-order valence-corrected chi connectivity index (χ4v) is 0.611. The van der Waals surface area contributed by atoms with E-state index in [2.05, 4.69) is 22.6 Å². The molecule has 0 bridgehead atoms. The van der Waals surface area contributed by atoms with Crippen molar-refractivity contribution in [2.75, 3.05) is 13.2 Å². The maximum atomic E-state index is 10.8. The molecule has 0 amide bonds. The standard InChI is InChI=1S/C9H12O5.C4H6O2/c1-3-8(11)13-4-5-14-9(12)6-7(2)10;1-3(2)4(5)6/h3H,1,4-6H2,2H3;1H2,2H3,(H,5,6). The van der Waals surface area contributed by atoms with Crippen LogP contribution in [0.4, 0.5) is 0 Å². The number of Topliss-reactive ketones (excluding diaryl/α,β-unsaturated/α-hetero) is 1. The van der Waals surface area contributed by atoms with E-state index in [1.165, 1.54) is 13.8 Å². The molecule has 0 atom stereocenters. The average Bonchev–Trinajstić information content (AvgIpc) is 2.34. The third-order valence-electron chi connectivity index (χ3n) is 1.52. The molecule has 20 heavy (non-hydrogen) atoms. The molecule has 0 radical (unpaired) electrons. The Labute approximate surface area is 116 Å². The Morgan fingerprint density at radius 1 is 1.10 bits per heavy atom. The van der Waals surface area contributed by atoms with E-state index in [0.717, 1.165) is 6.08 Å². The molecule has 0 heterocycles. The van der Waals surface area contributed by atoms with Gasteiger partial charge in [0.25, 0.3) is 0 Å². The van der Waals surface area contributed by atoms with Crippen molar-refractivity contribution in [3.63, 3.8) is 0 Å². The molecule has 0 saturated carbocycles. The van der Waals surface area contributed by atoms with Gasteiger partial charge in [-0.2, -0.15) is 0 Å². The Kier molecular flexibility index (Phi) is 11.6. The molecule has 0 spiro atoms. The molecule has 0 rings (SSSR count). The minimum atomic E-state index is -0.935. The number of ether oxygens (including phenoxy) is 2. The molecule has 0 aliphatic carbocycles. The van der Waals surface area contributed by atoms with Crippen LogP contribution in [0, 0.1) is 0 Å². The Balaban J connectivity index is 0. The number of ketones is 1. The second kappa shape index (κ2) is 11.6. The minimum absolute atomic E-state index is 0.0332. The zero-order valence-corrected chi connectivity index (χ0v) is 11.5. The summed E-state index contributed by atoms with van der Waals surface area (Å²) in [5.74, 6) is -2.40. The number of aliphatic carboxylic acids is 1. The molecule has 0 unspecified atom stereocenters. The zero-order chi connectivity index (χ0) is 16.1. The highest BCUT2D eigenvalue weighted by Gasteiger charge is 2.06. The number of esters is 2. The maximum absolute atomic E-state index is 10.8. The van der Waals surface area contributed by atoms with E-state index in [-0.39, 0.29) is 31.0 Å². The van der Waals surface area contributed by atoms with Gasteiger partial charge in [-0.15, -0.1) is 0 Å². The van der Waals surface area contributed by atoms with Crippen LogP contribution in [0.5, 0.6) is 0 Å². The molecule has 0 aromatic heterocycles. The second-order valence-corrected chi connectivity index (χ2v) is 3.56. The molecule has 7 heteroatoms. The van der Waals surface area contributed by atoms with Crippen molar-refractivity contribution >= 4 is 23.7 Å². The maximum Gasteiger partial charge on any atom is 0.330 e. The molecular weight excluding hydrogens is 268 g/mol. The molecular formula is C13H18O7. The predicted octanol–water partition coefficient (Wildman–Crippen LogP) is 0.885. The van der Waals surface area contributed by atoms with Gasteiger partial charge in [0.15, 0.2) is 0 Å². The van der Waals surface area contributed by atoms with Crippen molar-refractivity contribution in [3.05, 3.63) is 24.8 Å². The van der Waals surface area contributed by atoms with Crippen molar-refractivity contribution in [1.82, 2.24) is 0 Å². The number of carbonyl (C=O) groups is 4. The van der Waals surface area contributed by atoms with Crippen LogP contribution in [0.1, 0.15) is 20.3 Å². The molecule has 7 nitrogen and oxygen atoms in total. The van der Waals surface area contributed by atoms with Gasteiger partial charge in [-0.1, -0.05) is 13.2 Å². The normalized spacial score (nSPS) is 8.50. The Hall–Kier alpha value is -2.44. The highest BCUT2D eigenvalue weighted by atomic mass is 16.6. The lowest BCUT2D eigenvalue weighted by Crippen LogP contribution is -2.14. The van der Waals surface area contributed by atoms with Gasteiger partial charge in [0.2, 0.25) is 0 Å². The third kappa shape index (κ3) is 15.6. The van der Waals surface area contributed by atoms with Crippen LogP contribution in [-0.2, 0) is 28.7 Å². The van der Waals surface area contributed by atoms with Crippen LogP contribution in [-0.4, -0.2) is 42.0 Å². The van der Waals surface area contributed by atoms with E-state index in [1.807, 2.05) is 0 Å². The third-order valence-corrected chi connectivity index (χ3v) is 1.52. The van der Waals surface area contributed by atoms with Crippen LogP contribution in [0.2, 0.25) is 0 Å². The van der Waals surface area contributed by atoms with Crippen LogP contribution < -0.4 is 0 Å². The molecule has 0 fully saturated rings. The molecule has 0 aliphatic heterocycles. The van der Waals surface area contributed by atoms with Gasteiger partial charge in [-0.25, -0.2) is 9.59 Å². The van der Waals surface area contributed by atoms with E-state index >= 15 is 0 Å². The first-order chi connectivity index (χ1) is 9.20. The number of carbonyl (C=O) groups excluding carboxylic acids is 3. The summed E-state index contributed by atoms with van der Waals surface area (Å²) in [5.41, 5.74) is 0.176. The lowest BCUT2D eigenvalue weighted by molar-refractivity contribution is -0.151. The fraction of sp³-hybridized carbons (Fsp3) is 0.385. The number of carboxylic acids is 1. The summed E-state index contributed by atoms with van der Waals surface area (Å²) in [6.45, 7) is 9.00. The SMILES string of the molecule is C=C(C)C(=O)O.C=CC(=O)OCCOC(=O)CC(C)=O. The van der Waals surface area contributed by atoms with E-state index in [0.29, 0.717) is 0 Å². The van der Waals surface area contributed by atoms with Crippen LogP contribution in [0.15, 0.2) is 24.8 Å². The first-order valence-corrected chi connectivity index (χ1v) is 5.53. The van der Waals surface area contributed by atoms with E-state index in [4.69, 9.17) is 5.11 Å².